The molecule has 0 aliphatic heterocycles. The van der Waals surface area contributed by atoms with Crippen molar-refractivity contribution in [3.8, 4) is 6.07 Å². The number of hydrogen-bond acceptors (Lipinski definition) is 2. The summed E-state index contributed by atoms with van der Waals surface area (Å²) < 4.78 is 5.67. The van der Waals surface area contributed by atoms with Crippen LogP contribution in [0.1, 0.15) is 0 Å². The summed E-state index contributed by atoms with van der Waals surface area (Å²) >= 11 is 0. The quantitative estimate of drug-likeness (QED) is 0.771. The maximum Gasteiger partial charge on any atom is 0.138 e. The van der Waals surface area contributed by atoms with Crippen molar-refractivity contribution in [2.45, 2.75) is 0 Å². The smallest absolute Gasteiger partial charge is 0.138 e. The van der Waals surface area contributed by atoms with Crippen molar-refractivity contribution in [1.82, 2.24) is 0 Å². The fourth-order valence-corrected chi connectivity index (χ4v) is 3.19. The molecule has 17 heavy (non-hydrogen) atoms. The fourth-order valence-electron chi connectivity index (χ4n) is 1.52. The molecule has 0 bridgehead atoms. The molecular formula is C14H12NOP. The minimum absolute atomic E-state index is 0.121. The third kappa shape index (κ3) is 3.14. The van der Waals surface area contributed by atoms with E-state index in [1.165, 1.54) is 0 Å². The summed E-state index contributed by atoms with van der Waals surface area (Å²) in [6, 6.07) is 22.1. The van der Waals surface area contributed by atoms with Gasteiger partial charge in [-0.3, -0.25) is 0 Å². The minimum atomic E-state index is -0.879. The van der Waals surface area contributed by atoms with E-state index in [4.69, 9.17) is 9.79 Å². The van der Waals surface area contributed by atoms with Crippen molar-refractivity contribution in [1.29, 1.82) is 5.26 Å². The highest BCUT2D eigenvalue weighted by Gasteiger charge is 2.13. The molecule has 0 aromatic heterocycles. The molecule has 84 valence electrons. The van der Waals surface area contributed by atoms with Gasteiger partial charge in [0.2, 0.25) is 0 Å². The van der Waals surface area contributed by atoms with Crippen LogP contribution in [0.15, 0.2) is 60.7 Å². The average molecular weight is 241 g/mol. The Morgan fingerprint density at radius 1 is 0.882 bits per heavy atom. The molecule has 0 saturated carbocycles. The molecule has 2 aromatic rings. The molecule has 0 radical (unpaired) electrons. The Hall–Kier alpha value is -1.68. The first-order valence-electron chi connectivity index (χ1n) is 5.32. The highest BCUT2D eigenvalue weighted by atomic mass is 31.1. The van der Waals surface area contributed by atoms with E-state index in [0.29, 0.717) is 0 Å². The lowest BCUT2D eigenvalue weighted by molar-refractivity contribution is 0.420. The Morgan fingerprint density at radius 3 is 1.76 bits per heavy atom. The van der Waals surface area contributed by atoms with Crippen LogP contribution in [0, 0.1) is 11.3 Å². The van der Waals surface area contributed by atoms with Gasteiger partial charge in [-0.25, -0.2) is 0 Å². The second-order valence-corrected chi connectivity index (χ2v) is 5.28. The van der Waals surface area contributed by atoms with Crippen molar-refractivity contribution in [3.63, 3.8) is 0 Å². The summed E-state index contributed by atoms with van der Waals surface area (Å²) in [5.41, 5.74) is 0. The second-order valence-electron chi connectivity index (χ2n) is 3.40. The van der Waals surface area contributed by atoms with Gasteiger partial charge in [0.25, 0.3) is 0 Å². The molecule has 0 fully saturated rings. The molecule has 2 rings (SSSR count). The van der Waals surface area contributed by atoms with Crippen LogP contribution >= 0.6 is 8.15 Å². The zero-order valence-electron chi connectivity index (χ0n) is 9.28. The van der Waals surface area contributed by atoms with Crippen LogP contribution in [0.4, 0.5) is 0 Å². The number of rotatable bonds is 4. The highest BCUT2D eigenvalue weighted by Crippen LogP contribution is 2.34. The van der Waals surface area contributed by atoms with Crippen LogP contribution in [0.5, 0.6) is 0 Å². The van der Waals surface area contributed by atoms with Crippen LogP contribution in [-0.2, 0) is 4.52 Å². The lowest BCUT2D eigenvalue weighted by Gasteiger charge is -2.16. The Kier molecular flexibility index (Phi) is 4.27. The van der Waals surface area contributed by atoms with E-state index in [1.54, 1.807) is 0 Å². The maximum atomic E-state index is 8.64. The third-order valence-corrected chi connectivity index (χ3v) is 4.16. The summed E-state index contributed by atoms with van der Waals surface area (Å²) in [5.74, 6) is 0. The number of benzene rings is 2. The van der Waals surface area contributed by atoms with Crippen molar-refractivity contribution in [2.75, 3.05) is 6.61 Å². The van der Waals surface area contributed by atoms with E-state index in [1.807, 2.05) is 66.7 Å². The third-order valence-electron chi connectivity index (χ3n) is 2.24. The van der Waals surface area contributed by atoms with Crippen LogP contribution in [0.3, 0.4) is 0 Å². The van der Waals surface area contributed by atoms with Gasteiger partial charge in [0, 0.05) is 10.6 Å². The van der Waals surface area contributed by atoms with E-state index in [0.717, 1.165) is 10.6 Å². The monoisotopic (exact) mass is 241 g/mol. The lowest BCUT2D eigenvalue weighted by Crippen LogP contribution is -2.13. The summed E-state index contributed by atoms with van der Waals surface area (Å²) in [7, 11) is -0.879. The zero-order valence-corrected chi connectivity index (χ0v) is 10.2. The normalized spacial score (nSPS) is 10.1. The molecule has 0 aliphatic carbocycles. The van der Waals surface area contributed by atoms with Crippen LogP contribution in [-0.4, -0.2) is 6.61 Å². The van der Waals surface area contributed by atoms with E-state index in [2.05, 4.69) is 0 Å². The molecule has 2 aromatic carbocycles. The van der Waals surface area contributed by atoms with Crippen LogP contribution in [0.2, 0.25) is 0 Å². The summed E-state index contributed by atoms with van der Waals surface area (Å²) in [6.45, 7) is 0.121. The van der Waals surface area contributed by atoms with Crippen molar-refractivity contribution < 1.29 is 4.52 Å². The summed E-state index contributed by atoms with van der Waals surface area (Å²) in [4.78, 5) is 0. The zero-order chi connectivity index (χ0) is 11.9. The van der Waals surface area contributed by atoms with Crippen LogP contribution < -0.4 is 10.6 Å². The predicted molar refractivity (Wildman–Crippen MR) is 70.6 cm³/mol. The first kappa shape index (κ1) is 11.8. The number of nitrogens with zero attached hydrogens (tertiary/aromatic N) is 1. The van der Waals surface area contributed by atoms with E-state index in [9.17, 15) is 0 Å². The Morgan fingerprint density at radius 2 is 1.35 bits per heavy atom. The van der Waals surface area contributed by atoms with Gasteiger partial charge in [-0.1, -0.05) is 60.7 Å². The molecule has 0 spiro atoms. The van der Waals surface area contributed by atoms with E-state index < -0.39 is 8.15 Å². The van der Waals surface area contributed by atoms with E-state index >= 15 is 0 Å². The van der Waals surface area contributed by atoms with Gasteiger partial charge in [0.15, 0.2) is 0 Å². The molecular weight excluding hydrogens is 229 g/mol. The second kappa shape index (κ2) is 6.15. The molecule has 0 amide bonds. The predicted octanol–water partition coefficient (Wildman–Crippen LogP) is 2.57. The van der Waals surface area contributed by atoms with Gasteiger partial charge in [-0.15, -0.1) is 0 Å². The first-order valence-corrected chi connectivity index (χ1v) is 6.58. The molecule has 2 nitrogen and oxygen atoms in total. The van der Waals surface area contributed by atoms with Crippen molar-refractivity contribution in [2.24, 2.45) is 0 Å². The Labute approximate surface area is 102 Å². The SMILES string of the molecule is N#CCOP(c1ccccc1)c1ccccc1. The van der Waals surface area contributed by atoms with Gasteiger partial charge < -0.3 is 4.52 Å². The van der Waals surface area contributed by atoms with Crippen molar-refractivity contribution >= 4 is 18.8 Å². The maximum absolute atomic E-state index is 8.64. The van der Waals surface area contributed by atoms with Gasteiger partial charge in [0.1, 0.15) is 6.61 Å². The number of hydrogen-bond donors (Lipinski definition) is 0. The average Bonchev–Trinajstić information content (AvgIpc) is 2.42. The minimum Gasteiger partial charge on any atom is -0.335 e. The molecule has 0 saturated heterocycles. The number of nitriles is 1. The van der Waals surface area contributed by atoms with Gasteiger partial charge in [0.05, 0.1) is 14.2 Å². The highest BCUT2D eigenvalue weighted by molar-refractivity contribution is 7.68. The molecule has 0 unspecified atom stereocenters. The van der Waals surface area contributed by atoms with Gasteiger partial charge in [-0.2, -0.15) is 5.26 Å². The Balaban J connectivity index is 2.30. The largest absolute Gasteiger partial charge is 0.335 e. The molecule has 0 N–H and O–H groups in total. The first-order chi connectivity index (χ1) is 8.42. The van der Waals surface area contributed by atoms with Gasteiger partial charge >= 0.3 is 0 Å². The van der Waals surface area contributed by atoms with Crippen LogP contribution in [0.25, 0.3) is 0 Å². The lowest BCUT2D eigenvalue weighted by atomic mass is 10.4. The topological polar surface area (TPSA) is 33.0 Å². The molecule has 0 aliphatic rings. The summed E-state index contributed by atoms with van der Waals surface area (Å²) in [5, 5.41) is 10.9. The molecule has 3 heteroatoms. The van der Waals surface area contributed by atoms with E-state index in [-0.39, 0.29) is 6.61 Å². The fraction of sp³-hybridized carbons (Fsp3) is 0.0714. The van der Waals surface area contributed by atoms with Gasteiger partial charge in [-0.05, 0) is 0 Å². The van der Waals surface area contributed by atoms with Crippen molar-refractivity contribution in [3.05, 3.63) is 60.7 Å². The summed E-state index contributed by atoms with van der Waals surface area (Å²) in [6.07, 6.45) is 0. The standard InChI is InChI=1S/C14H12NOP/c15-11-12-16-17(13-7-3-1-4-8-13)14-9-5-2-6-10-14/h1-10H,12H2. The Bertz CT molecular complexity index is 453. The molecule has 0 atom stereocenters. The molecule has 0 heterocycles.